The number of nitrogens with one attached hydrogen (secondary N) is 2. The highest BCUT2D eigenvalue weighted by molar-refractivity contribution is 5.95. The van der Waals surface area contributed by atoms with Crippen LogP contribution in [0.25, 0.3) is 22.2 Å². The summed E-state index contributed by atoms with van der Waals surface area (Å²) in [5, 5.41) is 12.2. The van der Waals surface area contributed by atoms with Gasteiger partial charge in [-0.1, -0.05) is 30.3 Å². The predicted molar refractivity (Wildman–Crippen MR) is 110 cm³/mol. The Labute approximate surface area is 158 Å². The Morgan fingerprint density at radius 3 is 2.74 bits per heavy atom. The minimum Gasteiger partial charge on any atom is -0.398 e. The molecule has 0 saturated carbocycles. The van der Waals surface area contributed by atoms with Gasteiger partial charge in [0.1, 0.15) is 5.69 Å². The molecule has 2 aromatic carbocycles. The van der Waals surface area contributed by atoms with Crippen LogP contribution >= 0.6 is 0 Å². The van der Waals surface area contributed by atoms with Crippen molar-refractivity contribution in [3.05, 3.63) is 77.6 Å². The number of rotatable bonds is 6. The van der Waals surface area contributed by atoms with Crippen molar-refractivity contribution in [1.29, 1.82) is 0 Å². The summed E-state index contributed by atoms with van der Waals surface area (Å²) in [4.78, 5) is 4.27. The molecule has 4 N–H and O–H groups in total. The van der Waals surface area contributed by atoms with E-state index in [4.69, 9.17) is 5.73 Å². The van der Waals surface area contributed by atoms with Crippen LogP contribution in [0, 0.1) is 6.92 Å². The van der Waals surface area contributed by atoms with E-state index in [1.807, 2.05) is 37.4 Å². The number of hydrogen-bond donors (Lipinski definition) is 3. The van der Waals surface area contributed by atoms with E-state index < -0.39 is 0 Å². The molecule has 0 aliphatic carbocycles. The molecule has 0 radical (unpaired) electrons. The lowest BCUT2D eigenvalue weighted by atomic mass is 10.0. The molecule has 4 aromatic rings. The molecule has 0 unspecified atom stereocenters. The number of H-pyrrole nitrogens is 1. The monoisotopic (exact) mass is 357 g/mol. The molecule has 0 spiro atoms. The van der Waals surface area contributed by atoms with Gasteiger partial charge in [-0.05, 0) is 55.3 Å². The summed E-state index contributed by atoms with van der Waals surface area (Å²) < 4.78 is 0. The standard InChI is InChI=1S/C22H23N5/c1-15-11-17(8-10-25-15)22-19-12-18(20(23)13-21(19)26-27-22)14-24-9-7-16-5-3-2-4-6-16/h2-6,8,10-13,24H,7,9,14,23H2,1H3,(H,26,27). The lowest BCUT2D eigenvalue weighted by molar-refractivity contribution is 0.688. The molecule has 2 heterocycles. The van der Waals surface area contributed by atoms with Gasteiger partial charge < -0.3 is 11.1 Å². The maximum atomic E-state index is 6.25. The summed E-state index contributed by atoms with van der Waals surface area (Å²) in [5.41, 5.74) is 13.4. The highest BCUT2D eigenvalue weighted by atomic mass is 15.1. The Morgan fingerprint density at radius 2 is 1.93 bits per heavy atom. The Bertz CT molecular complexity index is 1050. The van der Waals surface area contributed by atoms with Crippen molar-refractivity contribution < 1.29 is 0 Å². The molecule has 4 rings (SSSR count). The summed E-state index contributed by atoms with van der Waals surface area (Å²) in [5.74, 6) is 0. The van der Waals surface area contributed by atoms with Crippen LogP contribution in [0.5, 0.6) is 0 Å². The Morgan fingerprint density at radius 1 is 1.07 bits per heavy atom. The number of aromatic nitrogens is 3. The molecule has 0 fully saturated rings. The fourth-order valence-electron chi connectivity index (χ4n) is 3.29. The van der Waals surface area contributed by atoms with Crippen LogP contribution in [-0.2, 0) is 13.0 Å². The molecule has 136 valence electrons. The number of benzene rings is 2. The summed E-state index contributed by atoms with van der Waals surface area (Å²) in [6.45, 7) is 3.62. The Balaban J connectivity index is 1.52. The number of pyridine rings is 1. The number of nitrogens with zero attached hydrogens (tertiary/aromatic N) is 2. The minimum absolute atomic E-state index is 0.731. The first-order valence-corrected chi connectivity index (χ1v) is 9.15. The number of aryl methyl sites for hydroxylation is 1. The van der Waals surface area contributed by atoms with Gasteiger partial charge in [0.25, 0.3) is 0 Å². The molecule has 0 bridgehead atoms. The van der Waals surface area contributed by atoms with Crippen LogP contribution in [0.1, 0.15) is 16.8 Å². The lowest BCUT2D eigenvalue weighted by Gasteiger charge is -2.09. The number of anilines is 1. The Kier molecular flexibility index (Phi) is 4.85. The second kappa shape index (κ2) is 7.60. The molecule has 5 heteroatoms. The van der Waals surface area contributed by atoms with Gasteiger partial charge in [0.05, 0.1) is 5.52 Å². The van der Waals surface area contributed by atoms with Gasteiger partial charge in [-0.2, -0.15) is 5.10 Å². The second-order valence-corrected chi connectivity index (χ2v) is 6.77. The normalized spacial score (nSPS) is 11.1. The molecular formula is C22H23N5. The smallest absolute Gasteiger partial charge is 0.100 e. The van der Waals surface area contributed by atoms with Crippen molar-refractivity contribution in [2.45, 2.75) is 19.9 Å². The first kappa shape index (κ1) is 17.2. The molecule has 0 saturated heterocycles. The summed E-state index contributed by atoms with van der Waals surface area (Å²) in [6, 6.07) is 18.6. The average molecular weight is 357 g/mol. The summed E-state index contributed by atoms with van der Waals surface area (Å²) in [6.07, 6.45) is 2.81. The molecule has 27 heavy (non-hydrogen) atoms. The molecule has 0 atom stereocenters. The van der Waals surface area contributed by atoms with Gasteiger partial charge >= 0.3 is 0 Å². The largest absolute Gasteiger partial charge is 0.398 e. The van der Waals surface area contributed by atoms with Crippen molar-refractivity contribution >= 4 is 16.6 Å². The first-order valence-electron chi connectivity index (χ1n) is 9.15. The third-order valence-corrected chi connectivity index (χ3v) is 4.74. The van der Waals surface area contributed by atoms with Crippen molar-refractivity contribution in [3.8, 4) is 11.3 Å². The van der Waals surface area contributed by atoms with E-state index in [-0.39, 0.29) is 0 Å². The minimum atomic E-state index is 0.731. The molecule has 0 amide bonds. The molecule has 0 aliphatic heterocycles. The van der Waals surface area contributed by atoms with E-state index in [2.05, 4.69) is 50.8 Å². The van der Waals surface area contributed by atoms with Crippen molar-refractivity contribution in [3.63, 3.8) is 0 Å². The van der Waals surface area contributed by atoms with E-state index in [1.54, 1.807) is 0 Å². The summed E-state index contributed by atoms with van der Waals surface area (Å²) in [7, 11) is 0. The number of nitrogens with two attached hydrogens (primary N) is 1. The van der Waals surface area contributed by atoms with Gasteiger partial charge in [-0.3, -0.25) is 10.1 Å². The van der Waals surface area contributed by atoms with E-state index in [9.17, 15) is 0 Å². The van der Waals surface area contributed by atoms with Gasteiger partial charge in [0.2, 0.25) is 0 Å². The number of fused-ring (bicyclic) bond motifs is 1. The molecule has 2 aromatic heterocycles. The highest BCUT2D eigenvalue weighted by Gasteiger charge is 2.11. The molecule has 0 aliphatic rings. The quantitative estimate of drug-likeness (QED) is 0.362. The maximum Gasteiger partial charge on any atom is 0.100 e. The SMILES string of the molecule is Cc1cc(-c2n[nH]c3cc(N)c(CNCCc4ccccc4)cc23)ccn1. The Hall–Kier alpha value is -3.18. The maximum absolute atomic E-state index is 6.25. The zero-order valence-electron chi connectivity index (χ0n) is 15.4. The number of hydrogen-bond acceptors (Lipinski definition) is 4. The fourth-order valence-corrected chi connectivity index (χ4v) is 3.29. The van der Waals surface area contributed by atoms with E-state index in [1.165, 1.54) is 5.56 Å². The van der Waals surface area contributed by atoms with Gasteiger partial charge in [-0.25, -0.2) is 0 Å². The van der Waals surface area contributed by atoms with Crippen molar-refractivity contribution in [2.75, 3.05) is 12.3 Å². The van der Waals surface area contributed by atoms with Crippen LogP contribution < -0.4 is 11.1 Å². The van der Waals surface area contributed by atoms with Crippen LogP contribution in [0.15, 0.2) is 60.8 Å². The number of aromatic amines is 1. The molecular weight excluding hydrogens is 334 g/mol. The van der Waals surface area contributed by atoms with Gasteiger partial charge in [0.15, 0.2) is 0 Å². The third-order valence-electron chi connectivity index (χ3n) is 4.74. The average Bonchev–Trinajstić information content (AvgIpc) is 3.08. The van der Waals surface area contributed by atoms with Crippen molar-refractivity contribution in [1.82, 2.24) is 20.5 Å². The molecule has 5 nitrogen and oxygen atoms in total. The summed E-state index contributed by atoms with van der Waals surface area (Å²) >= 11 is 0. The van der Waals surface area contributed by atoms with Crippen LogP contribution in [0.2, 0.25) is 0 Å². The zero-order chi connectivity index (χ0) is 18.6. The van der Waals surface area contributed by atoms with Gasteiger partial charge in [0, 0.05) is 35.1 Å². The lowest BCUT2D eigenvalue weighted by Crippen LogP contribution is -2.17. The van der Waals surface area contributed by atoms with E-state index in [0.717, 1.165) is 58.6 Å². The van der Waals surface area contributed by atoms with Crippen LogP contribution in [-0.4, -0.2) is 21.7 Å². The zero-order valence-corrected chi connectivity index (χ0v) is 15.4. The second-order valence-electron chi connectivity index (χ2n) is 6.77. The predicted octanol–water partition coefficient (Wildman–Crippen LogP) is 3.85. The third kappa shape index (κ3) is 3.83. The fraction of sp³-hybridized carbons (Fsp3) is 0.182. The van der Waals surface area contributed by atoms with E-state index in [0.29, 0.717) is 0 Å². The van der Waals surface area contributed by atoms with Crippen LogP contribution in [0.3, 0.4) is 0 Å². The van der Waals surface area contributed by atoms with Crippen LogP contribution in [0.4, 0.5) is 5.69 Å². The number of nitrogen functional groups attached to an aromatic ring is 1. The first-order chi connectivity index (χ1) is 13.2. The van der Waals surface area contributed by atoms with Crippen molar-refractivity contribution in [2.24, 2.45) is 0 Å². The van der Waals surface area contributed by atoms with Gasteiger partial charge in [-0.15, -0.1) is 0 Å². The van der Waals surface area contributed by atoms with E-state index >= 15 is 0 Å². The topological polar surface area (TPSA) is 79.6 Å². The highest BCUT2D eigenvalue weighted by Crippen LogP contribution is 2.29.